The number of fused-ring (bicyclic) bond motifs is 1. The van der Waals surface area contributed by atoms with Crippen LogP contribution >= 0.6 is 0 Å². The molecule has 4 nitrogen and oxygen atoms in total. The molecular weight excluding hydrogens is 240 g/mol. The normalized spacial score (nSPS) is 15.8. The first-order chi connectivity index (χ1) is 9.19. The van der Waals surface area contributed by atoms with Crippen molar-refractivity contribution in [2.24, 2.45) is 5.92 Å². The molecule has 1 N–H and O–H groups in total. The summed E-state index contributed by atoms with van der Waals surface area (Å²) in [7, 11) is 3.53. The van der Waals surface area contributed by atoms with Crippen LogP contribution in [0.5, 0.6) is 5.75 Å². The molecule has 0 aromatic heterocycles. The van der Waals surface area contributed by atoms with Gasteiger partial charge in [0.1, 0.15) is 5.75 Å². The molecule has 1 unspecified atom stereocenters. The molecule has 0 fully saturated rings. The summed E-state index contributed by atoms with van der Waals surface area (Å²) in [5, 5.41) is 3.06. The van der Waals surface area contributed by atoms with Crippen LogP contribution < -0.4 is 15.0 Å². The van der Waals surface area contributed by atoms with Crippen molar-refractivity contribution in [2.75, 3.05) is 32.1 Å². The first-order valence-electron chi connectivity index (χ1n) is 6.81. The zero-order chi connectivity index (χ0) is 13.8. The van der Waals surface area contributed by atoms with Gasteiger partial charge in [0.05, 0.1) is 12.8 Å². The molecule has 0 radical (unpaired) electrons. The lowest BCUT2D eigenvalue weighted by molar-refractivity contribution is -0.121. The molecular formula is C15H22N2O2. The summed E-state index contributed by atoms with van der Waals surface area (Å²) in [4.78, 5) is 14.4. The van der Waals surface area contributed by atoms with E-state index in [1.807, 2.05) is 31.0 Å². The summed E-state index contributed by atoms with van der Waals surface area (Å²) in [5.74, 6) is 0.933. The number of nitrogens with zero attached hydrogens (tertiary/aromatic N) is 1. The van der Waals surface area contributed by atoms with Crippen LogP contribution in [0.25, 0.3) is 0 Å². The second-order valence-corrected chi connectivity index (χ2v) is 5.02. The van der Waals surface area contributed by atoms with E-state index in [9.17, 15) is 4.79 Å². The summed E-state index contributed by atoms with van der Waals surface area (Å²) in [6, 6.07) is 6.00. The summed E-state index contributed by atoms with van der Waals surface area (Å²) < 4.78 is 5.42. The summed E-state index contributed by atoms with van der Waals surface area (Å²) in [6.07, 6.45) is 2.02. The zero-order valence-electron chi connectivity index (χ0n) is 11.9. The molecule has 1 aromatic rings. The van der Waals surface area contributed by atoms with Gasteiger partial charge in [0.25, 0.3) is 0 Å². The Morgan fingerprint density at radius 3 is 3.00 bits per heavy atom. The maximum atomic E-state index is 12.5. The first-order valence-corrected chi connectivity index (χ1v) is 6.81. The second kappa shape index (κ2) is 6.06. The van der Waals surface area contributed by atoms with E-state index in [0.29, 0.717) is 6.54 Å². The Balaban J connectivity index is 2.33. The van der Waals surface area contributed by atoms with Crippen LogP contribution in [0.15, 0.2) is 18.2 Å². The van der Waals surface area contributed by atoms with Gasteiger partial charge in [0, 0.05) is 19.0 Å². The fourth-order valence-electron chi connectivity index (χ4n) is 2.66. The molecule has 0 aliphatic carbocycles. The number of para-hydroxylation sites is 1. The lowest BCUT2D eigenvalue weighted by Gasteiger charge is -2.32. The molecule has 1 aliphatic rings. The second-order valence-electron chi connectivity index (χ2n) is 5.02. The molecule has 0 spiro atoms. The quantitative estimate of drug-likeness (QED) is 0.900. The van der Waals surface area contributed by atoms with Crippen molar-refractivity contribution in [1.82, 2.24) is 5.32 Å². The monoisotopic (exact) mass is 262 g/mol. The minimum atomic E-state index is -0.0270. The van der Waals surface area contributed by atoms with Gasteiger partial charge in [-0.2, -0.15) is 0 Å². The molecule has 1 aliphatic heterocycles. The lowest BCUT2D eigenvalue weighted by Crippen LogP contribution is -2.41. The predicted molar refractivity (Wildman–Crippen MR) is 76.8 cm³/mol. The van der Waals surface area contributed by atoms with Gasteiger partial charge < -0.3 is 15.0 Å². The number of methoxy groups -OCH3 is 1. The molecule has 19 heavy (non-hydrogen) atoms. The van der Waals surface area contributed by atoms with E-state index in [-0.39, 0.29) is 11.8 Å². The van der Waals surface area contributed by atoms with Gasteiger partial charge >= 0.3 is 0 Å². The molecule has 1 amide bonds. The third kappa shape index (κ3) is 2.73. The van der Waals surface area contributed by atoms with Crippen LogP contribution in [0, 0.1) is 5.92 Å². The SMILES string of the molecule is CNCC(C)C(=O)N1CCCc2cccc(OC)c21. The molecule has 104 valence electrons. The number of hydrogen-bond donors (Lipinski definition) is 1. The van der Waals surface area contributed by atoms with E-state index in [0.717, 1.165) is 30.8 Å². The molecule has 1 aromatic carbocycles. The van der Waals surface area contributed by atoms with Gasteiger partial charge in [0.2, 0.25) is 5.91 Å². The highest BCUT2D eigenvalue weighted by atomic mass is 16.5. The number of benzene rings is 1. The fraction of sp³-hybridized carbons (Fsp3) is 0.533. The number of anilines is 1. The molecule has 4 heteroatoms. The molecule has 1 atom stereocenters. The third-order valence-electron chi connectivity index (χ3n) is 3.60. The third-order valence-corrected chi connectivity index (χ3v) is 3.60. The number of carbonyl (C=O) groups is 1. The molecule has 0 bridgehead atoms. The summed E-state index contributed by atoms with van der Waals surface area (Å²) >= 11 is 0. The highest BCUT2D eigenvalue weighted by molar-refractivity contribution is 5.97. The van der Waals surface area contributed by atoms with Crippen molar-refractivity contribution in [3.8, 4) is 5.75 Å². The smallest absolute Gasteiger partial charge is 0.231 e. The van der Waals surface area contributed by atoms with Crippen molar-refractivity contribution in [2.45, 2.75) is 19.8 Å². The van der Waals surface area contributed by atoms with Crippen LogP contribution in [0.4, 0.5) is 5.69 Å². The number of aryl methyl sites for hydroxylation is 1. The van der Waals surface area contributed by atoms with Crippen molar-refractivity contribution < 1.29 is 9.53 Å². The number of hydrogen-bond acceptors (Lipinski definition) is 3. The Labute approximate surface area is 114 Å². The number of amides is 1. The van der Waals surface area contributed by atoms with Gasteiger partial charge in [-0.3, -0.25) is 4.79 Å². The van der Waals surface area contributed by atoms with Gasteiger partial charge in [-0.1, -0.05) is 19.1 Å². The Morgan fingerprint density at radius 2 is 2.32 bits per heavy atom. The Kier molecular flexibility index (Phi) is 4.43. The Hall–Kier alpha value is -1.55. The van der Waals surface area contributed by atoms with E-state index < -0.39 is 0 Å². The van der Waals surface area contributed by atoms with Crippen LogP contribution in [0.1, 0.15) is 18.9 Å². The van der Waals surface area contributed by atoms with Gasteiger partial charge in [-0.25, -0.2) is 0 Å². The van der Waals surface area contributed by atoms with Gasteiger partial charge in [-0.05, 0) is 31.5 Å². The standard InChI is InChI=1S/C15H22N2O2/c1-11(10-16-2)15(18)17-9-5-7-12-6-4-8-13(19-3)14(12)17/h4,6,8,11,16H,5,7,9-10H2,1-3H3. The van der Waals surface area contributed by atoms with E-state index in [2.05, 4.69) is 11.4 Å². The van der Waals surface area contributed by atoms with Crippen molar-refractivity contribution in [3.05, 3.63) is 23.8 Å². The number of rotatable bonds is 4. The molecule has 2 rings (SSSR count). The Morgan fingerprint density at radius 1 is 1.53 bits per heavy atom. The molecule has 0 saturated carbocycles. The molecule has 1 heterocycles. The minimum absolute atomic E-state index is 0.0270. The van der Waals surface area contributed by atoms with E-state index >= 15 is 0 Å². The van der Waals surface area contributed by atoms with Gasteiger partial charge in [-0.15, -0.1) is 0 Å². The van der Waals surface area contributed by atoms with Crippen LogP contribution in [-0.2, 0) is 11.2 Å². The number of nitrogens with one attached hydrogen (secondary N) is 1. The van der Waals surface area contributed by atoms with E-state index in [1.165, 1.54) is 5.56 Å². The predicted octanol–water partition coefficient (Wildman–Crippen LogP) is 1.83. The fourth-order valence-corrected chi connectivity index (χ4v) is 2.66. The minimum Gasteiger partial charge on any atom is -0.495 e. The van der Waals surface area contributed by atoms with E-state index in [4.69, 9.17) is 4.74 Å². The van der Waals surface area contributed by atoms with Gasteiger partial charge in [0.15, 0.2) is 0 Å². The number of carbonyl (C=O) groups excluding carboxylic acids is 1. The first kappa shape index (κ1) is 13.9. The van der Waals surface area contributed by atoms with Crippen LogP contribution in [0.2, 0.25) is 0 Å². The van der Waals surface area contributed by atoms with Crippen molar-refractivity contribution >= 4 is 11.6 Å². The molecule has 0 saturated heterocycles. The largest absolute Gasteiger partial charge is 0.495 e. The summed E-state index contributed by atoms with van der Waals surface area (Å²) in [5.41, 5.74) is 2.17. The number of ether oxygens (including phenoxy) is 1. The maximum absolute atomic E-state index is 12.5. The topological polar surface area (TPSA) is 41.6 Å². The van der Waals surface area contributed by atoms with Crippen LogP contribution in [-0.4, -0.2) is 33.2 Å². The average Bonchev–Trinajstić information content (AvgIpc) is 2.45. The lowest BCUT2D eigenvalue weighted by atomic mass is 9.99. The van der Waals surface area contributed by atoms with Crippen LogP contribution in [0.3, 0.4) is 0 Å². The average molecular weight is 262 g/mol. The maximum Gasteiger partial charge on any atom is 0.231 e. The summed E-state index contributed by atoms with van der Waals surface area (Å²) in [6.45, 7) is 3.43. The van der Waals surface area contributed by atoms with Crippen molar-refractivity contribution in [3.63, 3.8) is 0 Å². The van der Waals surface area contributed by atoms with E-state index in [1.54, 1.807) is 7.11 Å². The van der Waals surface area contributed by atoms with Crippen molar-refractivity contribution in [1.29, 1.82) is 0 Å². The Bertz CT molecular complexity index is 445. The highest BCUT2D eigenvalue weighted by Gasteiger charge is 2.28. The zero-order valence-corrected chi connectivity index (χ0v) is 11.9. The highest BCUT2D eigenvalue weighted by Crippen LogP contribution is 2.36.